The second-order valence-electron chi connectivity index (χ2n) is 8.27. The van der Waals surface area contributed by atoms with Gasteiger partial charge in [-0.25, -0.2) is 9.37 Å². The van der Waals surface area contributed by atoms with Crippen LogP contribution in [0.15, 0.2) is 59.0 Å². The van der Waals surface area contributed by atoms with E-state index in [0.717, 1.165) is 27.6 Å². The number of rotatable bonds is 4. The van der Waals surface area contributed by atoms with E-state index in [9.17, 15) is 14.7 Å². The molecule has 2 N–H and O–H groups in total. The van der Waals surface area contributed by atoms with E-state index < -0.39 is 5.97 Å². The van der Waals surface area contributed by atoms with Gasteiger partial charge in [0.05, 0.1) is 11.6 Å². The van der Waals surface area contributed by atoms with Crippen LogP contribution < -0.4 is 20.1 Å². The Hall–Kier alpha value is -4.13. The summed E-state index contributed by atoms with van der Waals surface area (Å²) in [5, 5.41) is 14.3. The zero-order chi connectivity index (χ0) is 23.9. The number of carboxylic acids is 1. The van der Waals surface area contributed by atoms with Gasteiger partial charge in [0, 0.05) is 61.0 Å². The molecule has 0 saturated heterocycles. The van der Waals surface area contributed by atoms with E-state index >= 15 is 0 Å². The van der Waals surface area contributed by atoms with Gasteiger partial charge in [0.25, 0.3) is 5.91 Å². The second-order valence-corrected chi connectivity index (χ2v) is 8.27. The summed E-state index contributed by atoms with van der Waals surface area (Å²) in [6, 6.07) is 16.5. The van der Waals surface area contributed by atoms with Crippen molar-refractivity contribution >= 4 is 28.5 Å². The zero-order valence-corrected chi connectivity index (χ0v) is 19.3. The van der Waals surface area contributed by atoms with E-state index in [0.29, 0.717) is 16.9 Å². The first-order chi connectivity index (χ1) is 15.7. The standard InChI is InChI=1S/C26H25N3O4/c1-27-25(30)15-6-9-18(21(12-15)26(31)32)24-19-10-7-16(28(2)3)13-22(19)33-23-14-17(29(4)5)8-11-20(23)24/h6-14H,1-5H3,(H-,27,30,31,32)/p+1. The average molecular weight is 445 g/mol. The van der Waals surface area contributed by atoms with Gasteiger partial charge in [-0.15, -0.1) is 0 Å². The number of fused-ring (bicyclic) bond motifs is 2. The molecule has 0 aromatic heterocycles. The molecule has 2 aromatic rings. The molecule has 0 radical (unpaired) electrons. The highest BCUT2D eigenvalue weighted by Gasteiger charge is 2.23. The Labute approximate surface area is 191 Å². The van der Waals surface area contributed by atoms with Crippen LogP contribution >= 0.6 is 0 Å². The Morgan fingerprint density at radius 3 is 2.33 bits per heavy atom. The number of hydrogen-bond acceptors (Lipinski definition) is 4. The number of anilines is 1. The number of carboxylic acid groups (broad SMARTS) is 1. The zero-order valence-electron chi connectivity index (χ0n) is 19.3. The molecule has 0 unspecified atom stereocenters. The van der Waals surface area contributed by atoms with E-state index in [1.165, 1.54) is 13.1 Å². The van der Waals surface area contributed by atoms with Gasteiger partial charge >= 0.3 is 5.97 Å². The van der Waals surface area contributed by atoms with Crippen LogP contribution in [0.25, 0.3) is 33.4 Å². The van der Waals surface area contributed by atoms with Crippen LogP contribution in [0, 0.1) is 0 Å². The van der Waals surface area contributed by atoms with Crippen LogP contribution in [0.3, 0.4) is 0 Å². The molecule has 33 heavy (non-hydrogen) atoms. The summed E-state index contributed by atoms with van der Waals surface area (Å²) in [6.45, 7) is 0. The van der Waals surface area contributed by atoms with Crippen molar-refractivity contribution in [1.29, 1.82) is 0 Å². The van der Waals surface area contributed by atoms with Gasteiger partial charge in [0.15, 0.2) is 0 Å². The predicted octanol–water partition coefficient (Wildman–Crippen LogP) is 3.36. The van der Waals surface area contributed by atoms with Gasteiger partial charge in [0.2, 0.25) is 5.36 Å². The summed E-state index contributed by atoms with van der Waals surface area (Å²) in [5.74, 6) is -0.799. The molecule has 4 rings (SSSR count). The van der Waals surface area contributed by atoms with Crippen molar-refractivity contribution < 1.29 is 19.1 Å². The molecule has 168 valence electrons. The van der Waals surface area contributed by atoms with Crippen LogP contribution in [0.5, 0.6) is 0 Å². The Morgan fingerprint density at radius 2 is 1.70 bits per heavy atom. The third-order valence-electron chi connectivity index (χ3n) is 5.73. The lowest BCUT2D eigenvalue weighted by Gasteiger charge is -2.19. The molecule has 1 aliphatic carbocycles. The third kappa shape index (κ3) is 3.93. The fourth-order valence-corrected chi connectivity index (χ4v) is 3.94. The minimum absolute atomic E-state index is 0.0540. The monoisotopic (exact) mass is 444 g/mol. The number of benzene rings is 3. The van der Waals surface area contributed by atoms with Crippen LogP contribution in [0.4, 0.5) is 5.69 Å². The predicted molar refractivity (Wildman–Crippen MR) is 130 cm³/mol. The first-order valence-electron chi connectivity index (χ1n) is 10.5. The van der Waals surface area contributed by atoms with Crippen molar-refractivity contribution in [2.45, 2.75) is 0 Å². The fraction of sp³-hybridized carbons (Fsp3) is 0.192. The van der Waals surface area contributed by atoms with Crippen molar-refractivity contribution in [3.05, 3.63) is 71.1 Å². The smallest absolute Gasteiger partial charge is 0.336 e. The molecule has 2 aromatic carbocycles. The highest BCUT2D eigenvalue weighted by atomic mass is 16.4. The second kappa shape index (κ2) is 8.43. The number of carbonyl (C=O) groups excluding carboxylic acids is 1. The Morgan fingerprint density at radius 1 is 0.970 bits per heavy atom. The minimum atomic E-state index is -1.10. The highest BCUT2D eigenvalue weighted by molar-refractivity contribution is 6.09. The molecular weight excluding hydrogens is 418 g/mol. The van der Waals surface area contributed by atoms with Crippen molar-refractivity contribution in [2.24, 2.45) is 0 Å². The molecule has 1 amide bonds. The molecule has 0 saturated carbocycles. The largest absolute Gasteiger partial charge is 0.478 e. The van der Waals surface area contributed by atoms with E-state index in [2.05, 4.69) is 5.32 Å². The number of nitrogens with zero attached hydrogens (tertiary/aromatic N) is 2. The van der Waals surface area contributed by atoms with Crippen LogP contribution in [0.1, 0.15) is 20.7 Å². The average Bonchev–Trinajstić information content (AvgIpc) is 2.80. The molecule has 7 heteroatoms. The molecular formula is C26H26N3O4+. The Balaban J connectivity index is 2.14. The SMILES string of the molecule is CNC(=O)c1ccc(-c2c3ccc(=[N+](C)C)cc-3oc3cc(N(C)C)ccc23)c(C(=O)O)c1. The van der Waals surface area contributed by atoms with E-state index in [1.54, 1.807) is 12.1 Å². The lowest BCUT2D eigenvalue weighted by molar-refractivity contribution is 0.0697. The molecule has 0 spiro atoms. The molecule has 7 nitrogen and oxygen atoms in total. The van der Waals surface area contributed by atoms with Crippen LogP contribution in [-0.2, 0) is 0 Å². The van der Waals surface area contributed by atoms with E-state index in [-0.39, 0.29) is 17.0 Å². The number of hydrogen-bond donors (Lipinski definition) is 2. The molecule has 0 bridgehead atoms. The van der Waals surface area contributed by atoms with Gasteiger partial charge in [-0.3, -0.25) is 4.79 Å². The molecule has 1 aliphatic heterocycles. The number of nitrogens with one attached hydrogen (secondary N) is 1. The first kappa shape index (κ1) is 22.1. The van der Waals surface area contributed by atoms with Crippen molar-refractivity contribution in [2.75, 3.05) is 40.1 Å². The van der Waals surface area contributed by atoms with E-state index in [1.807, 2.05) is 74.1 Å². The van der Waals surface area contributed by atoms with Crippen LogP contribution in [0.2, 0.25) is 0 Å². The first-order valence-corrected chi connectivity index (χ1v) is 10.5. The number of aromatic carboxylic acids is 1. The maximum Gasteiger partial charge on any atom is 0.336 e. The number of amides is 1. The summed E-state index contributed by atoms with van der Waals surface area (Å²) in [5.41, 5.74) is 4.02. The molecule has 1 heterocycles. The van der Waals surface area contributed by atoms with Gasteiger partial charge in [-0.05, 0) is 35.9 Å². The van der Waals surface area contributed by atoms with Gasteiger partial charge in [0.1, 0.15) is 25.4 Å². The molecule has 2 aliphatic rings. The maximum atomic E-state index is 12.2. The van der Waals surface area contributed by atoms with Gasteiger partial charge in [-0.2, -0.15) is 0 Å². The van der Waals surface area contributed by atoms with Gasteiger partial charge in [-0.1, -0.05) is 6.07 Å². The van der Waals surface area contributed by atoms with E-state index in [4.69, 9.17) is 4.42 Å². The minimum Gasteiger partial charge on any atom is -0.478 e. The summed E-state index contributed by atoms with van der Waals surface area (Å²) < 4.78 is 8.29. The fourth-order valence-electron chi connectivity index (χ4n) is 3.94. The van der Waals surface area contributed by atoms with Crippen molar-refractivity contribution in [1.82, 2.24) is 9.89 Å². The number of carbonyl (C=O) groups is 2. The third-order valence-corrected chi connectivity index (χ3v) is 5.73. The molecule has 0 atom stereocenters. The maximum absolute atomic E-state index is 12.2. The quantitative estimate of drug-likeness (QED) is 0.372. The molecule has 0 fully saturated rings. The van der Waals surface area contributed by atoms with Crippen LogP contribution in [-0.4, -0.2) is 52.2 Å². The summed E-state index contributed by atoms with van der Waals surface area (Å²) in [7, 11) is 9.32. The van der Waals surface area contributed by atoms with Crippen molar-refractivity contribution in [3.8, 4) is 22.5 Å². The topological polar surface area (TPSA) is 85.8 Å². The van der Waals surface area contributed by atoms with Gasteiger partial charge < -0.3 is 19.7 Å². The summed E-state index contributed by atoms with van der Waals surface area (Å²) >= 11 is 0. The lowest BCUT2D eigenvalue weighted by Crippen LogP contribution is -2.21. The Kier molecular flexibility index (Phi) is 5.64. The summed E-state index contributed by atoms with van der Waals surface area (Å²) in [4.78, 5) is 26.4. The highest BCUT2D eigenvalue weighted by Crippen LogP contribution is 2.42. The summed E-state index contributed by atoms with van der Waals surface area (Å²) in [6.07, 6.45) is 0. The van der Waals surface area contributed by atoms with Crippen molar-refractivity contribution in [3.63, 3.8) is 0 Å². The Bertz CT molecular complexity index is 1450. The normalized spacial score (nSPS) is 10.9. The lowest BCUT2D eigenvalue weighted by atomic mass is 9.89.